The number of unbranched alkanes of at least 4 members (excludes halogenated alkanes) is 42. The van der Waals surface area contributed by atoms with Crippen LogP contribution in [0.3, 0.4) is 0 Å². The number of rotatable bonds is 53. The number of hydrogen-bond acceptors (Lipinski definition) is 3. The number of hydrogen-bond donors (Lipinski definition) is 3. The van der Waals surface area contributed by atoms with Gasteiger partial charge in [0.05, 0.1) is 18.8 Å². The van der Waals surface area contributed by atoms with Crippen LogP contribution in [-0.2, 0) is 4.79 Å². The van der Waals surface area contributed by atoms with Gasteiger partial charge in [0.1, 0.15) is 0 Å². The highest BCUT2D eigenvalue weighted by Crippen LogP contribution is 2.17. The first-order valence-corrected chi connectivity index (χ1v) is 28.7. The zero-order valence-electron chi connectivity index (χ0n) is 42.9. The van der Waals surface area contributed by atoms with Crippen LogP contribution >= 0.6 is 0 Å². The number of carbonyl (C=O) groups is 1. The molecule has 0 aliphatic carbocycles. The normalized spacial score (nSPS) is 13.0. The van der Waals surface area contributed by atoms with Gasteiger partial charge in [0, 0.05) is 6.42 Å². The molecule has 0 saturated carbocycles. The molecule has 0 bridgehead atoms. The molecule has 0 radical (unpaired) electrons. The molecule has 4 nitrogen and oxygen atoms in total. The Morgan fingerprint density at radius 3 is 0.921 bits per heavy atom. The Labute approximate surface area is 395 Å². The Hall–Kier alpha value is -1.39. The number of allylic oxidation sites excluding steroid dienone is 5. The van der Waals surface area contributed by atoms with Crippen LogP contribution in [0.15, 0.2) is 36.5 Å². The summed E-state index contributed by atoms with van der Waals surface area (Å²) >= 11 is 0. The van der Waals surface area contributed by atoms with Gasteiger partial charge in [-0.2, -0.15) is 0 Å². The molecule has 0 aliphatic rings. The van der Waals surface area contributed by atoms with Crippen LogP contribution in [-0.4, -0.2) is 34.9 Å². The summed E-state index contributed by atoms with van der Waals surface area (Å²) in [7, 11) is 0. The highest BCUT2D eigenvalue weighted by atomic mass is 16.3. The second kappa shape index (κ2) is 54.9. The van der Waals surface area contributed by atoms with E-state index in [0.717, 1.165) is 38.5 Å². The molecule has 0 aliphatic heterocycles. The number of nitrogens with one attached hydrogen (secondary N) is 1. The highest BCUT2D eigenvalue weighted by molar-refractivity contribution is 5.76. The standard InChI is InChI=1S/C59H113NO3/c1-3-5-7-9-11-13-15-17-19-21-23-25-27-28-29-30-31-33-35-37-39-41-43-45-47-49-51-53-55-59(63)60-57(56-61)58(62)54-52-50-48-46-44-42-40-38-36-34-32-26-24-22-20-18-16-14-12-10-8-6-4-2/h36,38,44,46,52,54,57-58,61-62H,3-35,37,39-43,45,47-51,53,55-56H2,1-2H3,(H,60,63)/b38-36+,46-44+,54-52+. The van der Waals surface area contributed by atoms with Gasteiger partial charge < -0.3 is 15.5 Å². The quantitative estimate of drug-likeness (QED) is 0.0421. The van der Waals surface area contributed by atoms with Crippen LogP contribution in [0.4, 0.5) is 0 Å². The van der Waals surface area contributed by atoms with Crippen molar-refractivity contribution >= 4 is 5.91 Å². The van der Waals surface area contributed by atoms with Crippen molar-refractivity contribution < 1.29 is 15.0 Å². The number of amides is 1. The van der Waals surface area contributed by atoms with E-state index in [-0.39, 0.29) is 12.5 Å². The minimum atomic E-state index is -0.869. The Balaban J connectivity index is 3.51. The van der Waals surface area contributed by atoms with Gasteiger partial charge in [-0.25, -0.2) is 0 Å². The molecule has 0 aromatic heterocycles. The van der Waals surface area contributed by atoms with Crippen LogP contribution in [0, 0.1) is 0 Å². The van der Waals surface area contributed by atoms with Crippen molar-refractivity contribution in [2.45, 2.75) is 328 Å². The van der Waals surface area contributed by atoms with E-state index in [9.17, 15) is 15.0 Å². The maximum atomic E-state index is 12.5. The average molecular weight is 885 g/mol. The highest BCUT2D eigenvalue weighted by Gasteiger charge is 2.18. The van der Waals surface area contributed by atoms with Gasteiger partial charge in [0.25, 0.3) is 0 Å². The zero-order chi connectivity index (χ0) is 45.6. The lowest BCUT2D eigenvalue weighted by atomic mass is 10.0. The van der Waals surface area contributed by atoms with Gasteiger partial charge in [0.15, 0.2) is 0 Å². The van der Waals surface area contributed by atoms with Gasteiger partial charge in [-0.3, -0.25) is 4.79 Å². The maximum absolute atomic E-state index is 12.5. The molecular weight excluding hydrogens is 771 g/mol. The number of carbonyl (C=O) groups excluding carboxylic acids is 1. The Kier molecular flexibility index (Phi) is 53.7. The molecule has 3 N–H and O–H groups in total. The van der Waals surface area contributed by atoms with Crippen molar-refractivity contribution in [3.63, 3.8) is 0 Å². The van der Waals surface area contributed by atoms with Gasteiger partial charge in [-0.05, 0) is 44.9 Å². The maximum Gasteiger partial charge on any atom is 0.220 e. The summed E-state index contributed by atoms with van der Waals surface area (Å²) in [4.78, 5) is 12.5. The Morgan fingerprint density at radius 1 is 0.365 bits per heavy atom. The SMILES string of the molecule is CCCCCCCCCCCCCCC/C=C/CC/C=C/CC/C=C/C(O)C(CO)NC(=O)CCCCCCCCCCCCCCCCCCCCCCCCCCCCCC. The number of aliphatic hydroxyl groups is 2. The van der Waals surface area contributed by atoms with E-state index in [2.05, 4.69) is 43.5 Å². The molecule has 372 valence electrons. The van der Waals surface area contributed by atoms with Crippen molar-refractivity contribution in [1.29, 1.82) is 0 Å². The van der Waals surface area contributed by atoms with E-state index in [1.807, 2.05) is 6.08 Å². The van der Waals surface area contributed by atoms with Crippen molar-refractivity contribution in [1.82, 2.24) is 5.32 Å². The predicted octanol–water partition coefficient (Wildman–Crippen LogP) is 18.9. The first kappa shape index (κ1) is 61.6. The molecule has 0 heterocycles. The summed E-state index contributed by atoms with van der Waals surface area (Å²) in [6, 6.07) is -0.644. The van der Waals surface area contributed by atoms with Crippen LogP contribution in [0.1, 0.15) is 316 Å². The molecule has 2 unspecified atom stereocenters. The summed E-state index contributed by atoms with van der Waals surface area (Å²) in [6.07, 6.45) is 74.6. The van der Waals surface area contributed by atoms with E-state index in [0.29, 0.717) is 6.42 Å². The molecule has 2 atom stereocenters. The van der Waals surface area contributed by atoms with Gasteiger partial charge >= 0.3 is 0 Å². The van der Waals surface area contributed by atoms with Crippen molar-refractivity contribution in [3.05, 3.63) is 36.5 Å². The molecule has 0 fully saturated rings. The largest absolute Gasteiger partial charge is 0.394 e. The van der Waals surface area contributed by atoms with E-state index in [1.165, 1.54) is 257 Å². The van der Waals surface area contributed by atoms with Crippen molar-refractivity contribution in [2.75, 3.05) is 6.61 Å². The first-order valence-electron chi connectivity index (χ1n) is 28.7. The molecule has 0 aromatic carbocycles. The molecule has 63 heavy (non-hydrogen) atoms. The van der Waals surface area contributed by atoms with Gasteiger partial charge in [0.2, 0.25) is 5.91 Å². The predicted molar refractivity (Wildman–Crippen MR) is 281 cm³/mol. The first-order chi connectivity index (χ1) is 31.2. The summed E-state index contributed by atoms with van der Waals surface area (Å²) in [5.74, 6) is -0.0716. The fourth-order valence-electron chi connectivity index (χ4n) is 8.98. The molecular formula is C59H113NO3. The van der Waals surface area contributed by atoms with Crippen molar-refractivity contribution in [3.8, 4) is 0 Å². The van der Waals surface area contributed by atoms with E-state index in [1.54, 1.807) is 6.08 Å². The lowest BCUT2D eigenvalue weighted by Crippen LogP contribution is -2.45. The fraction of sp³-hybridized carbons (Fsp3) is 0.881. The lowest BCUT2D eigenvalue weighted by molar-refractivity contribution is -0.123. The minimum absolute atomic E-state index is 0.0716. The summed E-state index contributed by atoms with van der Waals surface area (Å²) in [6.45, 7) is 4.33. The average Bonchev–Trinajstić information content (AvgIpc) is 3.29. The van der Waals surface area contributed by atoms with Crippen LogP contribution in [0.25, 0.3) is 0 Å². The molecule has 1 amide bonds. The van der Waals surface area contributed by atoms with Gasteiger partial charge in [-0.1, -0.05) is 301 Å². The van der Waals surface area contributed by atoms with Crippen molar-refractivity contribution in [2.24, 2.45) is 0 Å². The minimum Gasteiger partial charge on any atom is -0.394 e. The second-order valence-corrected chi connectivity index (χ2v) is 19.7. The second-order valence-electron chi connectivity index (χ2n) is 19.7. The van der Waals surface area contributed by atoms with E-state index in [4.69, 9.17) is 0 Å². The molecule has 4 heteroatoms. The van der Waals surface area contributed by atoms with Gasteiger partial charge in [-0.15, -0.1) is 0 Å². The smallest absolute Gasteiger partial charge is 0.220 e. The summed E-state index contributed by atoms with van der Waals surface area (Å²) in [5, 5.41) is 23.1. The fourth-order valence-corrected chi connectivity index (χ4v) is 8.98. The zero-order valence-corrected chi connectivity index (χ0v) is 42.9. The summed E-state index contributed by atoms with van der Waals surface area (Å²) < 4.78 is 0. The summed E-state index contributed by atoms with van der Waals surface area (Å²) in [5.41, 5.74) is 0. The topological polar surface area (TPSA) is 69.6 Å². The van der Waals surface area contributed by atoms with Crippen LogP contribution in [0.2, 0.25) is 0 Å². The van der Waals surface area contributed by atoms with E-state index >= 15 is 0 Å². The Morgan fingerprint density at radius 2 is 0.619 bits per heavy atom. The molecule has 0 spiro atoms. The third-order valence-corrected chi connectivity index (χ3v) is 13.4. The third-order valence-electron chi connectivity index (χ3n) is 13.4. The van der Waals surface area contributed by atoms with E-state index < -0.39 is 12.1 Å². The monoisotopic (exact) mass is 884 g/mol. The van der Waals surface area contributed by atoms with Crippen LogP contribution < -0.4 is 5.32 Å². The Bertz CT molecular complexity index is 958. The molecule has 0 saturated heterocycles. The lowest BCUT2D eigenvalue weighted by Gasteiger charge is -2.19. The van der Waals surface area contributed by atoms with Crippen LogP contribution in [0.5, 0.6) is 0 Å². The molecule has 0 aromatic rings. The molecule has 0 rings (SSSR count). The number of aliphatic hydroxyl groups excluding tert-OH is 2. The third kappa shape index (κ3) is 51.5.